The monoisotopic (exact) mass is 268 g/mol. The van der Waals surface area contributed by atoms with Crippen LogP contribution in [-0.2, 0) is 0 Å². The van der Waals surface area contributed by atoms with E-state index in [0.29, 0.717) is 0 Å². The van der Waals surface area contributed by atoms with Gasteiger partial charge in [-0.15, -0.1) is 0 Å². The van der Waals surface area contributed by atoms with Crippen molar-refractivity contribution in [2.75, 3.05) is 5.32 Å². The van der Waals surface area contributed by atoms with Crippen LogP contribution in [-0.4, -0.2) is 23.1 Å². The topological polar surface area (TPSA) is 78.4 Å². The lowest BCUT2D eigenvalue weighted by Crippen LogP contribution is -2.35. The lowest BCUT2D eigenvalue weighted by molar-refractivity contribution is 0.0692. The van der Waals surface area contributed by atoms with Crippen molar-refractivity contribution in [3.8, 4) is 0 Å². The van der Waals surface area contributed by atoms with E-state index in [1.54, 1.807) is 0 Å². The first-order valence-electron chi connectivity index (χ1n) is 6.04. The van der Waals surface area contributed by atoms with Gasteiger partial charge in [0.05, 0.1) is 5.56 Å². The Morgan fingerprint density at radius 2 is 2.11 bits per heavy atom. The van der Waals surface area contributed by atoms with Crippen molar-refractivity contribution in [2.45, 2.75) is 32.7 Å². The molecule has 6 heteroatoms. The Labute approximate surface area is 110 Å². The first-order valence-corrected chi connectivity index (χ1v) is 6.04. The van der Waals surface area contributed by atoms with Gasteiger partial charge in [-0.05, 0) is 31.5 Å². The standard InChI is InChI=1S/C13H17FN2O3/c1-3-4-8(2)15-13(19)16-9-5-6-10(12(17)18)11(14)7-9/h5-8H,3-4H2,1-2H3,(H,17,18)(H2,15,16,19). The molecule has 1 rings (SSSR count). The molecule has 3 N–H and O–H groups in total. The second-order valence-electron chi connectivity index (χ2n) is 4.29. The van der Waals surface area contributed by atoms with E-state index in [0.717, 1.165) is 25.0 Å². The number of urea groups is 1. The summed E-state index contributed by atoms with van der Waals surface area (Å²) in [5, 5.41) is 13.8. The second-order valence-corrected chi connectivity index (χ2v) is 4.29. The molecule has 0 saturated heterocycles. The molecule has 2 amide bonds. The minimum Gasteiger partial charge on any atom is -0.478 e. The van der Waals surface area contributed by atoms with Crippen LogP contribution in [0, 0.1) is 5.82 Å². The number of hydrogen-bond donors (Lipinski definition) is 3. The van der Waals surface area contributed by atoms with Crippen LogP contribution >= 0.6 is 0 Å². The predicted octanol–water partition coefficient (Wildman–Crippen LogP) is 2.83. The molecule has 0 aliphatic rings. The minimum absolute atomic E-state index is 0.0214. The van der Waals surface area contributed by atoms with Gasteiger partial charge in [-0.1, -0.05) is 13.3 Å². The Balaban J connectivity index is 2.65. The van der Waals surface area contributed by atoms with Gasteiger partial charge in [0.1, 0.15) is 5.82 Å². The molecule has 0 fully saturated rings. The van der Waals surface area contributed by atoms with Gasteiger partial charge < -0.3 is 15.7 Å². The van der Waals surface area contributed by atoms with Crippen LogP contribution in [0.2, 0.25) is 0 Å². The molecule has 0 aromatic heterocycles. The highest BCUT2D eigenvalue weighted by Gasteiger charge is 2.12. The van der Waals surface area contributed by atoms with Crippen LogP contribution in [0.25, 0.3) is 0 Å². The summed E-state index contributed by atoms with van der Waals surface area (Å²) in [6, 6.07) is 3.02. The van der Waals surface area contributed by atoms with Crippen molar-refractivity contribution in [1.29, 1.82) is 0 Å². The van der Waals surface area contributed by atoms with Gasteiger partial charge in [-0.25, -0.2) is 14.0 Å². The molecule has 1 unspecified atom stereocenters. The number of rotatable bonds is 5. The number of anilines is 1. The first kappa shape index (κ1) is 14.9. The van der Waals surface area contributed by atoms with Crippen molar-refractivity contribution in [3.63, 3.8) is 0 Å². The number of hydrogen-bond acceptors (Lipinski definition) is 2. The number of carbonyl (C=O) groups excluding carboxylic acids is 1. The number of nitrogens with one attached hydrogen (secondary N) is 2. The number of amides is 2. The molecule has 0 aliphatic carbocycles. The van der Waals surface area contributed by atoms with Gasteiger partial charge in [-0.2, -0.15) is 0 Å². The van der Waals surface area contributed by atoms with Crippen LogP contribution in [0.5, 0.6) is 0 Å². The number of benzene rings is 1. The first-order chi connectivity index (χ1) is 8.93. The van der Waals surface area contributed by atoms with Crippen LogP contribution < -0.4 is 10.6 Å². The third-order valence-electron chi connectivity index (χ3n) is 2.56. The van der Waals surface area contributed by atoms with Gasteiger partial charge in [0.15, 0.2) is 0 Å². The lowest BCUT2D eigenvalue weighted by Gasteiger charge is -2.13. The molecule has 0 spiro atoms. The minimum atomic E-state index is -1.34. The molecule has 5 nitrogen and oxygen atoms in total. The Morgan fingerprint density at radius 3 is 2.63 bits per heavy atom. The van der Waals surface area contributed by atoms with E-state index in [2.05, 4.69) is 10.6 Å². The molecule has 1 aromatic rings. The summed E-state index contributed by atoms with van der Waals surface area (Å²) in [4.78, 5) is 22.2. The third kappa shape index (κ3) is 4.57. The van der Waals surface area contributed by atoms with Crippen molar-refractivity contribution in [2.24, 2.45) is 0 Å². The zero-order valence-electron chi connectivity index (χ0n) is 10.9. The summed E-state index contributed by atoms with van der Waals surface area (Å²) in [5.74, 6) is -2.23. The number of carboxylic acid groups (broad SMARTS) is 1. The molecule has 0 saturated carbocycles. The van der Waals surface area contributed by atoms with Crippen LogP contribution in [0.3, 0.4) is 0 Å². The molecule has 0 heterocycles. The van der Waals surface area contributed by atoms with Crippen LogP contribution in [0.1, 0.15) is 37.0 Å². The van der Waals surface area contributed by atoms with E-state index in [1.807, 2.05) is 13.8 Å². The maximum absolute atomic E-state index is 13.4. The van der Waals surface area contributed by atoms with Crippen molar-refractivity contribution >= 4 is 17.7 Å². The number of halogens is 1. The molecular formula is C13H17FN2O3. The SMILES string of the molecule is CCCC(C)NC(=O)Nc1ccc(C(=O)O)c(F)c1. The van der Waals surface area contributed by atoms with Gasteiger partial charge in [0, 0.05) is 11.7 Å². The summed E-state index contributed by atoms with van der Waals surface area (Å²) in [6.45, 7) is 3.88. The smallest absolute Gasteiger partial charge is 0.338 e. The fourth-order valence-corrected chi connectivity index (χ4v) is 1.66. The summed E-state index contributed by atoms with van der Waals surface area (Å²) < 4.78 is 13.4. The lowest BCUT2D eigenvalue weighted by atomic mass is 10.2. The molecule has 0 bridgehead atoms. The second kappa shape index (κ2) is 6.72. The molecule has 1 atom stereocenters. The predicted molar refractivity (Wildman–Crippen MR) is 69.9 cm³/mol. The highest BCUT2D eigenvalue weighted by molar-refractivity contribution is 5.91. The maximum atomic E-state index is 13.4. The van der Waals surface area contributed by atoms with Crippen LogP contribution in [0.15, 0.2) is 18.2 Å². The van der Waals surface area contributed by atoms with E-state index in [1.165, 1.54) is 6.07 Å². The van der Waals surface area contributed by atoms with Gasteiger partial charge in [-0.3, -0.25) is 0 Å². The van der Waals surface area contributed by atoms with E-state index in [9.17, 15) is 14.0 Å². The molecule has 19 heavy (non-hydrogen) atoms. The third-order valence-corrected chi connectivity index (χ3v) is 2.56. The van der Waals surface area contributed by atoms with E-state index in [4.69, 9.17) is 5.11 Å². The molecule has 104 valence electrons. The largest absolute Gasteiger partial charge is 0.478 e. The van der Waals surface area contributed by atoms with Crippen molar-refractivity contribution in [3.05, 3.63) is 29.6 Å². The van der Waals surface area contributed by atoms with Crippen molar-refractivity contribution < 1.29 is 19.1 Å². The summed E-state index contributed by atoms with van der Waals surface area (Å²) in [7, 11) is 0. The number of aromatic carboxylic acids is 1. The molecular weight excluding hydrogens is 251 g/mol. The highest BCUT2D eigenvalue weighted by atomic mass is 19.1. The normalized spacial score (nSPS) is 11.7. The van der Waals surface area contributed by atoms with Crippen molar-refractivity contribution in [1.82, 2.24) is 5.32 Å². The van der Waals surface area contributed by atoms with Gasteiger partial charge >= 0.3 is 12.0 Å². The van der Waals surface area contributed by atoms with Gasteiger partial charge in [0.25, 0.3) is 0 Å². The summed E-state index contributed by atoms with van der Waals surface area (Å²) in [6.07, 6.45) is 1.79. The van der Waals surface area contributed by atoms with E-state index >= 15 is 0 Å². The summed E-state index contributed by atoms with van der Waals surface area (Å²) in [5.41, 5.74) is -0.214. The maximum Gasteiger partial charge on any atom is 0.338 e. The zero-order valence-corrected chi connectivity index (χ0v) is 10.9. The molecule has 0 radical (unpaired) electrons. The zero-order chi connectivity index (χ0) is 14.4. The van der Waals surface area contributed by atoms with E-state index < -0.39 is 23.4 Å². The summed E-state index contributed by atoms with van der Waals surface area (Å²) >= 11 is 0. The molecule has 0 aliphatic heterocycles. The average Bonchev–Trinajstić information content (AvgIpc) is 2.28. The highest BCUT2D eigenvalue weighted by Crippen LogP contribution is 2.14. The Hall–Kier alpha value is -2.11. The molecule has 1 aromatic carbocycles. The van der Waals surface area contributed by atoms with E-state index in [-0.39, 0.29) is 11.7 Å². The average molecular weight is 268 g/mol. The quantitative estimate of drug-likeness (QED) is 0.768. The Morgan fingerprint density at radius 1 is 1.42 bits per heavy atom. The Bertz CT molecular complexity index is 477. The van der Waals surface area contributed by atoms with Gasteiger partial charge in [0.2, 0.25) is 0 Å². The fourth-order valence-electron chi connectivity index (χ4n) is 1.66. The van der Waals surface area contributed by atoms with Crippen LogP contribution in [0.4, 0.5) is 14.9 Å². The fraction of sp³-hybridized carbons (Fsp3) is 0.385. The number of carbonyl (C=O) groups is 2. The Kier molecular flexibility index (Phi) is 5.29. The number of carboxylic acids is 1.